The van der Waals surface area contributed by atoms with Gasteiger partial charge in [-0.15, -0.1) is 0 Å². The number of carbonyl (C=O) groups is 1. The molecule has 4 heteroatoms. The van der Waals surface area contributed by atoms with Gasteiger partial charge in [-0.1, -0.05) is 19.8 Å². The van der Waals surface area contributed by atoms with Gasteiger partial charge < -0.3 is 15.2 Å². The number of piperidine rings is 1. The van der Waals surface area contributed by atoms with Gasteiger partial charge in [-0.2, -0.15) is 0 Å². The van der Waals surface area contributed by atoms with Crippen molar-refractivity contribution in [3.63, 3.8) is 0 Å². The zero-order valence-electron chi connectivity index (χ0n) is 15.1. The summed E-state index contributed by atoms with van der Waals surface area (Å²) in [6.07, 6.45) is 6.69. The number of unbranched alkanes of at least 4 members (excludes halogenated alkanes) is 1. The first-order chi connectivity index (χ1) is 10.2. The van der Waals surface area contributed by atoms with Gasteiger partial charge in [-0.3, -0.25) is 4.79 Å². The van der Waals surface area contributed by atoms with Gasteiger partial charge in [0.1, 0.15) is 0 Å². The highest BCUT2D eigenvalue weighted by atomic mass is 16.5. The molecule has 1 saturated heterocycles. The molecule has 1 aliphatic rings. The van der Waals surface area contributed by atoms with Crippen molar-refractivity contribution in [2.45, 2.75) is 96.7 Å². The number of aliphatic carboxylic acids is 1. The Labute approximate surface area is 136 Å². The third-order valence-electron chi connectivity index (χ3n) is 4.46. The Balaban J connectivity index is 2.32. The third-order valence-corrected chi connectivity index (χ3v) is 4.46. The summed E-state index contributed by atoms with van der Waals surface area (Å²) in [7, 11) is 0. The van der Waals surface area contributed by atoms with Crippen LogP contribution < -0.4 is 5.32 Å². The molecule has 1 atom stereocenters. The average molecular weight is 313 g/mol. The van der Waals surface area contributed by atoms with Crippen LogP contribution in [-0.4, -0.2) is 34.9 Å². The summed E-state index contributed by atoms with van der Waals surface area (Å²) in [5.74, 6) is -0.859. The standard InChI is InChI=1S/C18H35NO3/c1-6-7-9-14(16(20)21)10-8-11-22-15-12-17(2,3)19-18(4,5)13-15/h14-15,19H,6-13H2,1-5H3,(H,20,21). The highest BCUT2D eigenvalue weighted by Crippen LogP contribution is 2.30. The molecule has 0 aromatic rings. The van der Waals surface area contributed by atoms with Crippen LogP contribution in [0.1, 0.15) is 79.6 Å². The summed E-state index contributed by atoms with van der Waals surface area (Å²) in [5.41, 5.74) is 0.189. The summed E-state index contributed by atoms with van der Waals surface area (Å²) >= 11 is 0. The van der Waals surface area contributed by atoms with Crippen LogP contribution in [0.25, 0.3) is 0 Å². The lowest BCUT2D eigenvalue weighted by Gasteiger charge is -2.46. The normalized spacial score (nSPS) is 22.4. The van der Waals surface area contributed by atoms with E-state index in [4.69, 9.17) is 4.74 Å². The van der Waals surface area contributed by atoms with Crippen molar-refractivity contribution in [2.75, 3.05) is 6.61 Å². The molecule has 1 unspecified atom stereocenters. The second-order valence-electron chi connectivity index (χ2n) is 8.11. The lowest BCUT2D eigenvalue weighted by molar-refractivity contribution is -0.142. The molecule has 1 fully saturated rings. The monoisotopic (exact) mass is 313 g/mol. The largest absolute Gasteiger partial charge is 0.481 e. The van der Waals surface area contributed by atoms with E-state index < -0.39 is 5.97 Å². The second-order valence-corrected chi connectivity index (χ2v) is 8.11. The second kappa shape index (κ2) is 8.30. The topological polar surface area (TPSA) is 58.6 Å². The van der Waals surface area contributed by atoms with Crippen molar-refractivity contribution in [1.29, 1.82) is 0 Å². The fourth-order valence-corrected chi connectivity index (χ4v) is 3.77. The SMILES string of the molecule is CCCCC(CCCOC1CC(C)(C)NC(C)(C)C1)C(=O)O. The van der Waals surface area contributed by atoms with E-state index in [1.165, 1.54) is 0 Å². The maximum absolute atomic E-state index is 11.2. The number of carboxylic acids is 1. The Morgan fingerprint density at radius 3 is 2.23 bits per heavy atom. The molecule has 1 rings (SSSR count). The van der Waals surface area contributed by atoms with Gasteiger partial charge in [-0.25, -0.2) is 0 Å². The fourth-order valence-electron chi connectivity index (χ4n) is 3.77. The number of hydrogen-bond donors (Lipinski definition) is 2. The highest BCUT2D eigenvalue weighted by Gasteiger charge is 2.37. The van der Waals surface area contributed by atoms with E-state index in [1.54, 1.807) is 0 Å². The fraction of sp³-hybridized carbons (Fsp3) is 0.944. The third kappa shape index (κ3) is 7.10. The molecule has 130 valence electrons. The minimum atomic E-state index is -0.655. The maximum atomic E-state index is 11.2. The predicted molar refractivity (Wildman–Crippen MR) is 90.2 cm³/mol. The van der Waals surface area contributed by atoms with Crippen LogP contribution in [0.4, 0.5) is 0 Å². The van der Waals surface area contributed by atoms with Crippen LogP contribution in [0.5, 0.6) is 0 Å². The van der Waals surface area contributed by atoms with Crippen molar-refractivity contribution in [1.82, 2.24) is 5.32 Å². The van der Waals surface area contributed by atoms with Crippen LogP contribution in [0.2, 0.25) is 0 Å². The van der Waals surface area contributed by atoms with E-state index in [1.807, 2.05) is 0 Å². The molecule has 0 bridgehead atoms. The number of rotatable bonds is 9. The zero-order valence-corrected chi connectivity index (χ0v) is 15.1. The van der Waals surface area contributed by atoms with Gasteiger partial charge in [0.05, 0.1) is 12.0 Å². The smallest absolute Gasteiger partial charge is 0.306 e. The molecule has 0 saturated carbocycles. The van der Waals surface area contributed by atoms with E-state index >= 15 is 0 Å². The number of nitrogens with one attached hydrogen (secondary N) is 1. The Bertz CT molecular complexity index is 336. The van der Waals surface area contributed by atoms with Crippen LogP contribution in [0.15, 0.2) is 0 Å². The molecule has 0 aromatic carbocycles. The summed E-state index contributed by atoms with van der Waals surface area (Å²) < 4.78 is 6.06. The van der Waals surface area contributed by atoms with Crippen molar-refractivity contribution in [3.05, 3.63) is 0 Å². The molecule has 0 spiro atoms. The van der Waals surface area contributed by atoms with Crippen LogP contribution >= 0.6 is 0 Å². The van der Waals surface area contributed by atoms with E-state index in [9.17, 15) is 9.90 Å². The van der Waals surface area contributed by atoms with Crippen molar-refractivity contribution in [2.24, 2.45) is 5.92 Å². The van der Waals surface area contributed by atoms with Crippen molar-refractivity contribution >= 4 is 5.97 Å². The van der Waals surface area contributed by atoms with Crippen molar-refractivity contribution < 1.29 is 14.6 Å². The molecule has 22 heavy (non-hydrogen) atoms. The predicted octanol–water partition coefficient (Wildman–Crippen LogP) is 3.98. The molecule has 4 nitrogen and oxygen atoms in total. The van der Waals surface area contributed by atoms with Gasteiger partial charge in [0.2, 0.25) is 0 Å². The first kappa shape index (κ1) is 19.4. The first-order valence-electron chi connectivity index (χ1n) is 8.79. The molecule has 2 N–H and O–H groups in total. The molecule has 0 radical (unpaired) electrons. The molecule has 0 amide bonds. The van der Waals surface area contributed by atoms with Gasteiger partial charge in [0.15, 0.2) is 0 Å². The van der Waals surface area contributed by atoms with E-state index in [0.717, 1.165) is 44.9 Å². The number of hydrogen-bond acceptors (Lipinski definition) is 3. The molecular formula is C18H35NO3. The average Bonchev–Trinajstić information content (AvgIpc) is 2.33. The quantitative estimate of drug-likeness (QED) is 0.632. The van der Waals surface area contributed by atoms with Crippen LogP contribution in [0, 0.1) is 5.92 Å². The van der Waals surface area contributed by atoms with E-state index in [2.05, 4.69) is 39.9 Å². The molecule has 1 aliphatic heterocycles. The first-order valence-corrected chi connectivity index (χ1v) is 8.79. The minimum absolute atomic E-state index is 0.0944. The van der Waals surface area contributed by atoms with Gasteiger partial charge >= 0.3 is 5.97 Å². The number of carboxylic acid groups (broad SMARTS) is 1. The van der Waals surface area contributed by atoms with Gasteiger partial charge in [0.25, 0.3) is 0 Å². The Hall–Kier alpha value is -0.610. The van der Waals surface area contributed by atoms with Crippen LogP contribution in [0.3, 0.4) is 0 Å². The zero-order chi connectivity index (χ0) is 16.8. The van der Waals surface area contributed by atoms with Crippen LogP contribution in [-0.2, 0) is 9.53 Å². The van der Waals surface area contributed by atoms with E-state index in [-0.39, 0.29) is 23.1 Å². The lowest BCUT2D eigenvalue weighted by Crippen LogP contribution is -2.59. The number of ether oxygens (including phenoxy) is 1. The summed E-state index contributed by atoms with van der Waals surface area (Å²) in [4.78, 5) is 11.2. The summed E-state index contributed by atoms with van der Waals surface area (Å²) in [5, 5.41) is 12.9. The molecular weight excluding hydrogens is 278 g/mol. The lowest BCUT2D eigenvalue weighted by atomic mass is 9.81. The van der Waals surface area contributed by atoms with Gasteiger partial charge in [0, 0.05) is 17.7 Å². The molecule has 1 heterocycles. The van der Waals surface area contributed by atoms with E-state index in [0.29, 0.717) is 6.61 Å². The van der Waals surface area contributed by atoms with Gasteiger partial charge in [-0.05, 0) is 59.8 Å². The highest BCUT2D eigenvalue weighted by molar-refractivity contribution is 5.69. The molecule has 0 aromatic heterocycles. The maximum Gasteiger partial charge on any atom is 0.306 e. The Morgan fingerprint density at radius 1 is 1.18 bits per heavy atom. The Morgan fingerprint density at radius 2 is 1.73 bits per heavy atom. The Kier molecular flexibility index (Phi) is 7.33. The summed E-state index contributed by atoms with van der Waals surface area (Å²) in [6.45, 7) is 11.6. The summed E-state index contributed by atoms with van der Waals surface area (Å²) in [6, 6.07) is 0. The minimum Gasteiger partial charge on any atom is -0.481 e. The van der Waals surface area contributed by atoms with Crippen molar-refractivity contribution in [3.8, 4) is 0 Å². The molecule has 0 aliphatic carbocycles.